The number of aromatic nitrogens is 4. The molecule has 1 aliphatic rings. The van der Waals surface area contributed by atoms with Gasteiger partial charge in [-0.3, -0.25) is 13.8 Å². The number of amides is 2. The zero-order chi connectivity index (χ0) is 22.8. The van der Waals surface area contributed by atoms with Gasteiger partial charge in [0.25, 0.3) is 5.56 Å². The van der Waals surface area contributed by atoms with Crippen molar-refractivity contribution in [1.82, 2.24) is 29.8 Å². The number of fused-ring (bicyclic) bond motifs is 3. The van der Waals surface area contributed by atoms with E-state index in [1.165, 1.54) is 11.8 Å². The quantitative estimate of drug-likeness (QED) is 0.412. The van der Waals surface area contributed by atoms with E-state index in [4.69, 9.17) is 4.74 Å². The van der Waals surface area contributed by atoms with Crippen LogP contribution in [0.5, 0.6) is 0 Å². The average molecular weight is 457 g/mol. The minimum atomic E-state index is -0.482. The SMILES string of the molecule is CCCn1c(=O)c2ccccc2n2c(SCC3=C(C(=O)OCC)[C@H](C)NC(=O)N3)nnc12. The van der Waals surface area contributed by atoms with Crippen molar-refractivity contribution in [3.05, 3.63) is 45.9 Å². The number of ether oxygens (including phenoxy) is 1. The van der Waals surface area contributed by atoms with Crippen molar-refractivity contribution in [2.45, 2.75) is 44.9 Å². The Morgan fingerprint density at radius 2 is 2.00 bits per heavy atom. The van der Waals surface area contributed by atoms with Crippen molar-refractivity contribution in [2.24, 2.45) is 0 Å². The summed E-state index contributed by atoms with van der Waals surface area (Å²) in [6.07, 6.45) is 0.774. The van der Waals surface area contributed by atoms with Crippen molar-refractivity contribution in [3.63, 3.8) is 0 Å². The minimum absolute atomic E-state index is 0.106. The Morgan fingerprint density at radius 3 is 2.75 bits per heavy atom. The van der Waals surface area contributed by atoms with E-state index in [-0.39, 0.29) is 24.0 Å². The lowest BCUT2D eigenvalue weighted by atomic mass is 10.1. The third kappa shape index (κ3) is 3.83. The summed E-state index contributed by atoms with van der Waals surface area (Å²) < 4.78 is 8.63. The number of esters is 1. The van der Waals surface area contributed by atoms with E-state index >= 15 is 0 Å². The molecule has 32 heavy (non-hydrogen) atoms. The van der Waals surface area contributed by atoms with Crippen LogP contribution < -0.4 is 16.2 Å². The van der Waals surface area contributed by atoms with Gasteiger partial charge in [0.1, 0.15) is 0 Å². The lowest BCUT2D eigenvalue weighted by molar-refractivity contribution is -0.138. The van der Waals surface area contributed by atoms with Gasteiger partial charge >= 0.3 is 12.0 Å². The van der Waals surface area contributed by atoms with Crippen molar-refractivity contribution in [2.75, 3.05) is 12.4 Å². The van der Waals surface area contributed by atoms with Gasteiger partial charge in [0.05, 0.1) is 29.1 Å². The highest BCUT2D eigenvalue weighted by molar-refractivity contribution is 7.99. The first-order valence-corrected chi connectivity index (χ1v) is 11.4. The van der Waals surface area contributed by atoms with Crippen molar-refractivity contribution >= 4 is 40.4 Å². The fourth-order valence-corrected chi connectivity index (χ4v) is 4.69. The van der Waals surface area contributed by atoms with E-state index in [9.17, 15) is 14.4 Å². The molecule has 0 saturated carbocycles. The highest BCUT2D eigenvalue weighted by Gasteiger charge is 2.30. The zero-order valence-corrected chi connectivity index (χ0v) is 18.9. The molecule has 0 bridgehead atoms. The van der Waals surface area contributed by atoms with Crippen LogP contribution in [0.1, 0.15) is 27.2 Å². The molecule has 2 N–H and O–H groups in total. The number of para-hydroxylation sites is 1. The van der Waals surface area contributed by atoms with Gasteiger partial charge in [-0.15, -0.1) is 10.2 Å². The van der Waals surface area contributed by atoms with Gasteiger partial charge in [-0.2, -0.15) is 0 Å². The molecule has 3 aromatic rings. The molecule has 1 aromatic carbocycles. The summed E-state index contributed by atoms with van der Waals surface area (Å²) in [6.45, 7) is 6.22. The van der Waals surface area contributed by atoms with E-state index < -0.39 is 12.0 Å². The van der Waals surface area contributed by atoms with E-state index in [0.29, 0.717) is 39.7 Å². The lowest BCUT2D eigenvalue weighted by Crippen LogP contribution is -2.49. The number of hydrogen-bond donors (Lipinski definition) is 2. The van der Waals surface area contributed by atoms with Crippen LogP contribution >= 0.6 is 11.8 Å². The molecule has 2 amide bonds. The van der Waals surface area contributed by atoms with Crippen LogP contribution in [0.4, 0.5) is 4.79 Å². The molecular weight excluding hydrogens is 432 g/mol. The molecular formula is C21H24N6O4S. The molecule has 4 rings (SSSR count). The number of hydrogen-bond acceptors (Lipinski definition) is 7. The molecule has 3 heterocycles. The highest BCUT2D eigenvalue weighted by atomic mass is 32.2. The highest BCUT2D eigenvalue weighted by Crippen LogP contribution is 2.25. The number of carbonyl (C=O) groups is 2. The second kappa shape index (κ2) is 9.03. The Bertz CT molecular complexity index is 1290. The molecule has 0 fully saturated rings. The first kappa shape index (κ1) is 21.9. The van der Waals surface area contributed by atoms with Crippen molar-refractivity contribution < 1.29 is 14.3 Å². The van der Waals surface area contributed by atoms with Gasteiger partial charge in [0.15, 0.2) is 5.16 Å². The number of urea groups is 1. The maximum absolute atomic E-state index is 13.0. The summed E-state index contributed by atoms with van der Waals surface area (Å²) in [7, 11) is 0. The molecule has 0 saturated heterocycles. The summed E-state index contributed by atoms with van der Waals surface area (Å²) in [5.41, 5.74) is 1.44. The molecule has 1 atom stereocenters. The normalized spacial score (nSPS) is 16.3. The Balaban J connectivity index is 1.78. The van der Waals surface area contributed by atoms with Crippen LogP contribution in [0.2, 0.25) is 0 Å². The molecule has 0 spiro atoms. The molecule has 2 aromatic heterocycles. The topological polar surface area (TPSA) is 120 Å². The van der Waals surface area contributed by atoms with Crippen LogP contribution in [0.15, 0.2) is 45.5 Å². The fourth-order valence-electron chi connectivity index (χ4n) is 3.78. The number of thioether (sulfide) groups is 1. The van der Waals surface area contributed by atoms with Crippen LogP contribution in [0.3, 0.4) is 0 Å². The monoisotopic (exact) mass is 456 g/mol. The van der Waals surface area contributed by atoms with Gasteiger partial charge in [-0.05, 0) is 32.4 Å². The smallest absolute Gasteiger partial charge is 0.337 e. The standard InChI is InChI=1S/C21H24N6O4S/c1-4-10-26-17(28)13-8-6-7-9-15(13)27-20(26)24-25-21(27)32-11-14-16(18(29)31-5-2)12(3)22-19(30)23-14/h6-9,12H,4-5,10-11H2,1-3H3,(H2,22,23,30)/t12-/m0/s1. The third-order valence-corrected chi connectivity index (χ3v) is 6.09. The Hall–Kier alpha value is -3.34. The van der Waals surface area contributed by atoms with Gasteiger partial charge in [0, 0.05) is 18.0 Å². The van der Waals surface area contributed by atoms with E-state index in [0.717, 1.165) is 6.42 Å². The molecule has 11 heteroatoms. The number of carbonyl (C=O) groups excluding carboxylic acids is 2. The maximum atomic E-state index is 13.0. The first-order valence-electron chi connectivity index (χ1n) is 10.4. The number of aryl methyl sites for hydroxylation is 1. The summed E-state index contributed by atoms with van der Waals surface area (Å²) in [4.78, 5) is 37.5. The predicted octanol–water partition coefficient (Wildman–Crippen LogP) is 2.06. The van der Waals surface area contributed by atoms with Crippen molar-refractivity contribution in [3.8, 4) is 0 Å². The number of nitrogens with one attached hydrogen (secondary N) is 2. The summed E-state index contributed by atoms with van der Waals surface area (Å²) in [5.74, 6) is 0.255. The van der Waals surface area contributed by atoms with Gasteiger partial charge in [0.2, 0.25) is 5.78 Å². The average Bonchev–Trinajstić information content (AvgIpc) is 3.19. The first-order chi connectivity index (χ1) is 15.5. The Labute approximate surface area is 188 Å². The predicted molar refractivity (Wildman–Crippen MR) is 121 cm³/mol. The van der Waals surface area contributed by atoms with E-state index in [2.05, 4.69) is 20.8 Å². The largest absolute Gasteiger partial charge is 0.463 e. The summed E-state index contributed by atoms with van der Waals surface area (Å²) in [5, 5.41) is 15.1. The van der Waals surface area contributed by atoms with Crippen LogP contribution in [-0.2, 0) is 16.1 Å². The zero-order valence-electron chi connectivity index (χ0n) is 18.0. The summed E-state index contributed by atoms with van der Waals surface area (Å²) >= 11 is 1.32. The van der Waals surface area contributed by atoms with E-state index in [1.54, 1.807) is 24.5 Å². The maximum Gasteiger partial charge on any atom is 0.337 e. The Kier molecular flexibility index (Phi) is 6.17. The third-order valence-electron chi connectivity index (χ3n) is 5.14. The minimum Gasteiger partial charge on any atom is -0.463 e. The molecule has 0 radical (unpaired) electrons. The van der Waals surface area contributed by atoms with E-state index in [1.807, 2.05) is 29.5 Å². The molecule has 0 aliphatic carbocycles. The number of rotatable bonds is 7. The van der Waals surface area contributed by atoms with Crippen LogP contribution in [-0.4, -0.2) is 49.6 Å². The summed E-state index contributed by atoms with van der Waals surface area (Å²) in [6, 6.07) is 6.46. The van der Waals surface area contributed by atoms with Gasteiger partial charge < -0.3 is 15.4 Å². The molecule has 1 aliphatic heterocycles. The Morgan fingerprint density at radius 1 is 1.22 bits per heavy atom. The molecule has 0 unspecified atom stereocenters. The van der Waals surface area contributed by atoms with Gasteiger partial charge in [-0.25, -0.2) is 9.59 Å². The molecule has 10 nitrogen and oxygen atoms in total. The molecule has 168 valence electrons. The van der Waals surface area contributed by atoms with Crippen molar-refractivity contribution in [1.29, 1.82) is 0 Å². The van der Waals surface area contributed by atoms with Crippen LogP contribution in [0.25, 0.3) is 16.7 Å². The second-order valence-corrected chi connectivity index (χ2v) is 8.26. The fraction of sp³-hybridized carbons (Fsp3) is 0.381. The second-order valence-electron chi connectivity index (χ2n) is 7.31. The number of benzene rings is 1. The lowest BCUT2D eigenvalue weighted by Gasteiger charge is -2.26. The van der Waals surface area contributed by atoms with Gasteiger partial charge in [-0.1, -0.05) is 30.8 Å². The van der Waals surface area contributed by atoms with Crippen LogP contribution in [0, 0.1) is 0 Å². The number of nitrogens with zero attached hydrogens (tertiary/aromatic N) is 4.